The number of para-hydroxylation sites is 1. The van der Waals surface area contributed by atoms with E-state index in [1.807, 2.05) is 66.7 Å². The Balaban J connectivity index is 1.44. The van der Waals surface area contributed by atoms with Crippen LogP contribution in [0.3, 0.4) is 0 Å². The van der Waals surface area contributed by atoms with Crippen molar-refractivity contribution < 1.29 is 0 Å². The number of nitrogens with one attached hydrogen (secondary N) is 2. The summed E-state index contributed by atoms with van der Waals surface area (Å²) in [7, 11) is 0. The second-order valence-electron chi connectivity index (χ2n) is 11.9. The zero-order chi connectivity index (χ0) is 32.0. The molecule has 2 aromatic heterocycles. The molecule has 5 nitrogen and oxygen atoms in total. The van der Waals surface area contributed by atoms with Gasteiger partial charge < -0.3 is 10.7 Å². The number of hydrogen-bond acceptors (Lipinski definition) is 4. The molecule has 9 rings (SSSR count). The predicted molar refractivity (Wildman–Crippen MR) is 200 cm³/mol. The highest BCUT2D eigenvalue weighted by Gasteiger charge is 2.22. The van der Waals surface area contributed by atoms with Gasteiger partial charge in [-0.1, -0.05) is 127 Å². The highest BCUT2D eigenvalue weighted by atomic mass is 15.2. The van der Waals surface area contributed by atoms with Crippen molar-refractivity contribution in [3.05, 3.63) is 163 Å². The number of fused-ring (bicyclic) bond motifs is 7. The Morgan fingerprint density at radius 1 is 0.542 bits per heavy atom. The van der Waals surface area contributed by atoms with E-state index in [2.05, 4.69) is 101 Å². The molecule has 0 atom stereocenters. The largest absolute Gasteiger partial charge is 0.355 e. The minimum atomic E-state index is 0.579. The molecule has 0 unspecified atom stereocenters. The number of benzene rings is 7. The van der Waals surface area contributed by atoms with Crippen LogP contribution in [0.1, 0.15) is 5.56 Å². The van der Waals surface area contributed by atoms with Gasteiger partial charge in [0.2, 0.25) is 5.95 Å². The fourth-order valence-electron chi connectivity index (χ4n) is 6.90. The van der Waals surface area contributed by atoms with Crippen molar-refractivity contribution in [3.8, 4) is 28.5 Å². The summed E-state index contributed by atoms with van der Waals surface area (Å²) in [6.45, 7) is 0. The van der Waals surface area contributed by atoms with E-state index in [1.54, 1.807) is 0 Å². The second-order valence-corrected chi connectivity index (χ2v) is 11.9. The lowest BCUT2D eigenvalue weighted by molar-refractivity contribution is 0.998. The first-order valence-electron chi connectivity index (χ1n) is 16.0. The van der Waals surface area contributed by atoms with Gasteiger partial charge in [-0.25, -0.2) is 9.97 Å². The fourth-order valence-corrected chi connectivity index (χ4v) is 6.90. The van der Waals surface area contributed by atoms with E-state index < -0.39 is 0 Å². The van der Waals surface area contributed by atoms with E-state index in [0.717, 1.165) is 82.8 Å². The van der Waals surface area contributed by atoms with Gasteiger partial charge in [-0.3, -0.25) is 4.57 Å². The van der Waals surface area contributed by atoms with Crippen LogP contribution in [-0.2, 0) is 0 Å². The molecular formula is C43H29N5. The van der Waals surface area contributed by atoms with Crippen LogP contribution in [0.2, 0.25) is 0 Å². The minimum absolute atomic E-state index is 0.579. The summed E-state index contributed by atoms with van der Waals surface area (Å²) in [5.41, 5.74) is 8.31. The molecular weight excluding hydrogens is 587 g/mol. The van der Waals surface area contributed by atoms with Gasteiger partial charge in [0.1, 0.15) is 0 Å². The Morgan fingerprint density at radius 3 is 1.83 bits per heavy atom. The molecule has 0 saturated carbocycles. The quantitative estimate of drug-likeness (QED) is 0.144. The third-order valence-electron chi connectivity index (χ3n) is 9.09. The van der Waals surface area contributed by atoms with E-state index in [1.165, 1.54) is 6.21 Å². The average Bonchev–Trinajstić information content (AvgIpc) is 3.50. The van der Waals surface area contributed by atoms with E-state index in [0.29, 0.717) is 5.95 Å². The van der Waals surface area contributed by atoms with Crippen LogP contribution in [0.15, 0.2) is 158 Å². The summed E-state index contributed by atoms with van der Waals surface area (Å²) in [4.78, 5) is 10.6. The maximum absolute atomic E-state index is 8.70. The molecule has 0 aliphatic carbocycles. The van der Waals surface area contributed by atoms with Gasteiger partial charge in [0, 0.05) is 50.4 Å². The Kier molecular flexibility index (Phi) is 6.54. The first kappa shape index (κ1) is 27.7. The van der Waals surface area contributed by atoms with Crippen LogP contribution in [0.4, 0.5) is 11.4 Å². The Morgan fingerprint density at radius 2 is 1.15 bits per heavy atom. The lowest BCUT2D eigenvalue weighted by atomic mass is 9.98. The van der Waals surface area contributed by atoms with Gasteiger partial charge in [-0.2, -0.15) is 0 Å². The number of rotatable bonds is 6. The Labute approximate surface area is 277 Å². The molecule has 0 amide bonds. The maximum Gasteiger partial charge on any atom is 0.235 e. The topological polar surface area (TPSA) is 66.6 Å². The Bertz CT molecular complexity index is 2590. The summed E-state index contributed by atoms with van der Waals surface area (Å²) < 4.78 is 2.21. The van der Waals surface area contributed by atoms with Crippen molar-refractivity contribution >= 4 is 60.9 Å². The normalized spacial score (nSPS) is 11.4. The fraction of sp³-hybridized carbons (Fsp3) is 0. The zero-order valence-corrected chi connectivity index (χ0v) is 25.9. The third kappa shape index (κ3) is 4.52. The molecule has 9 aromatic rings. The molecule has 2 N–H and O–H groups in total. The van der Waals surface area contributed by atoms with E-state index >= 15 is 0 Å². The monoisotopic (exact) mass is 615 g/mol. The predicted octanol–water partition coefficient (Wildman–Crippen LogP) is 11.0. The molecule has 2 heterocycles. The number of aromatic nitrogens is 3. The van der Waals surface area contributed by atoms with Crippen molar-refractivity contribution in [2.75, 3.05) is 5.32 Å². The average molecular weight is 616 g/mol. The van der Waals surface area contributed by atoms with E-state index in [4.69, 9.17) is 15.4 Å². The summed E-state index contributed by atoms with van der Waals surface area (Å²) in [6, 6.07) is 54.2. The summed E-state index contributed by atoms with van der Waals surface area (Å²) >= 11 is 0. The first-order chi connectivity index (χ1) is 23.8. The van der Waals surface area contributed by atoms with Gasteiger partial charge in [0.05, 0.1) is 22.4 Å². The molecule has 226 valence electrons. The number of nitrogens with zero attached hydrogens (tertiary/aromatic N) is 3. The molecule has 0 saturated heterocycles. The van der Waals surface area contributed by atoms with Crippen molar-refractivity contribution in [2.24, 2.45) is 0 Å². The zero-order valence-electron chi connectivity index (χ0n) is 25.9. The van der Waals surface area contributed by atoms with Crippen LogP contribution >= 0.6 is 0 Å². The standard InChI is InChI=1S/C43H29N5/c44-27-35-36(45-32-17-8-3-9-18-32)24-25-39-41(35)34-23-22-31-21-20-28-12-10-11-19-33(28)40(31)42(34)48(39)43-46-37(29-13-4-1-5-14-29)26-38(47-43)30-15-6-2-7-16-30/h1-27,44-45H. The third-order valence-corrected chi connectivity index (χ3v) is 9.09. The highest BCUT2D eigenvalue weighted by molar-refractivity contribution is 6.28. The molecule has 0 fully saturated rings. The summed E-state index contributed by atoms with van der Waals surface area (Å²) in [6.07, 6.45) is 1.46. The molecule has 0 radical (unpaired) electrons. The lowest BCUT2D eigenvalue weighted by Gasteiger charge is -2.14. The van der Waals surface area contributed by atoms with Crippen molar-refractivity contribution in [1.82, 2.24) is 14.5 Å². The summed E-state index contributed by atoms with van der Waals surface area (Å²) in [5.74, 6) is 0.579. The van der Waals surface area contributed by atoms with Crippen molar-refractivity contribution in [3.63, 3.8) is 0 Å². The van der Waals surface area contributed by atoms with Gasteiger partial charge in [-0.05, 0) is 46.5 Å². The molecule has 0 aliphatic rings. The van der Waals surface area contributed by atoms with E-state index in [-0.39, 0.29) is 0 Å². The van der Waals surface area contributed by atoms with Gasteiger partial charge in [0.15, 0.2) is 0 Å². The second kappa shape index (κ2) is 11.3. The Hall–Kier alpha value is -6.59. The van der Waals surface area contributed by atoms with Gasteiger partial charge >= 0.3 is 0 Å². The van der Waals surface area contributed by atoms with Crippen molar-refractivity contribution in [1.29, 1.82) is 5.41 Å². The SMILES string of the molecule is N=Cc1c(Nc2ccccc2)ccc2c1c1ccc3ccc4ccccc4c3c1n2-c1nc(-c2ccccc2)cc(-c2ccccc2)n1. The van der Waals surface area contributed by atoms with Gasteiger partial charge in [0.25, 0.3) is 0 Å². The molecule has 5 heteroatoms. The maximum atomic E-state index is 8.70. The molecule has 0 aliphatic heterocycles. The summed E-state index contributed by atoms with van der Waals surface area (Å²) in [5, 5.41) is 18.9. The van der Waals surface area contributed by atoms with Crippen LogP contribution < -0.4 is 5.32 Å². The van der Waals surface area contributed by atoms with Crippen LogP contribution in [0, 0.1) is 5.41 Å². The first-order valence-corrected chi connectivity index (χ1v) is 16.0. The number of anilines is 2. The lowest BCUT2D eigenvalue weighted by Crippen LogP contribution is -2.04. The van der Waals surface area contributed by atoms with Crippen molar-refractivity contribution in [2.45, 2.75) is 0 Å². The van der Waals surface area contributed by atoms with Crippen LogP contribution in [0.25, 0.3) is 71.8 Å². The van der Waals surface area contributed by atoms with Crippen LogP contribution in [-0.4, -0.2) is 20.7 Å². The molecule has 0 spiro atoms. The molecule has 0 bridgehead atoms. The number of hydrogen-bond donors (Lipinski definition) is 2. The smallest absolute Gasteiger partial charge is 0.235 e. The highest BCUT2D eigenvalue weighted by Crippen LogP contribution is 2.42. The molecule has 7 aromatic carbocycles. The van der Waals surface area contributed by atoms with Gasteiger partial charge in [-0.15, -0.1) is 0 Å². The minimum Gasteiger partial charge on any atom is -0.355 e. The van der Waals surface area contributed by atoms with Crippen LogP contribution in [0.5, 0.6) is 0 Å². The molecule has 48 heavy (non-hydrogen) atoms. The van der Waals surface area contributed by atoms with E-state index in [9.17, 15) is 0 Å².